The van der Waals surface area contributed by atoms with Crippen LogP contribution in [0.25, 0.3) is 0 Å². The van der Waals surface area contributed by atoms with E-state index in [1.165, 1.54) is 22.0 Å². The Hall–Kier alpha value is -2.30. The van der Waals surface area contributed by atoms with E-state index in [1.54, 1.807) is 11.9 Å². The quantitative estimate of drug-likeness (QED) is 0.816. The Labute approximate surface area is 105 Å². The van der Waals surface area contributed by atoms with E-state index >= 15 is 0 Å². The van der Waals surface area contributed by atoms with Gasteiger partial charge in [-0.05, 0) is 11.1 Å². The first-order chi connectivity index (χ1) is 8.66. The standard InChI is InChI=1S/C13H14N4O/c1-16-12(14)11(6-15-16)13(18)17-7-9-4-2-3-5-10(9)8-17/h2-6H,7-8,14H2,1H3. The topological polar surface area (TPSA) is 64.2 Å². The molecule has 0 saturated carbocycles. The lowest BCUT2D eigenvalue weighted by Gasteiger charge is -2.14. The number of amides is 1. The average Bonchev–Trinajstić information content (AvgIpc) is 2.94. The van der Waals surface area contributed by atoms with Gasteiger partial charge in [0.15, 0.2) is 0 Å². The smallest absolute Gasteiger partial charge is 0.259 e. The summed E-state index contributed by atoms with van der Waals surface area (Å²) in [5.74, 6) is 0.354. The first kappa shape index (κ1) is 10.8. The predicted molar refractivity (Wildman–Crippen MR) is 67.6 cm³/mol. The number of nitrogens with zero attached hydrogens (tertiary/aromatic N) is 3. The molecule has 0 bridgehead atoms. The summed E-state index contributed by atoms with van der Waals surface area (Å²) >= 11 is 0. The van der Waals surface area contributed by atoms with Crippen molar-refractivity contribution in [1.82, 2.24) is 14.7 Å². The molecule has 92 valence electrons. The Balaban J connectivity index is 1.87. The Kier molecular flexibility index (Phi) is 2.33. The van der Waals surface area contributed by atoms with Crippen molar-refractivity contribution in [2.75, 3.05) is 5.73 Å². The summed E-state index contributed by atoms with van der Waals surface area (Å²) < 4.78 is 1.51. The van der Waals surface area contributed by atoms with Crippen LogP contribution in [0.2, 0.25) is 0 Å². The van der Waals surface area contributed by atoms with Crippen LogP contribution in [0.15, 0.2) is 30.5 Å². The van der Waals surface area contributed by atoms with Crippen molar-refractivity contribution in [3.05, 3.63) is 47.2 Å². The molecule has 2 heterocycles. The number of anilines is 1. The van der Waals surface area contributed by atoms with Crippen molar-refractivity contribution in [2.45, 2.75) is 13.1 Å². The third-order valence-corrected chi connectivity index (χ3v) is 3.34. The Morgan fingerprint density at radius 1 is 1.28 bits per heavy atom. The maximum Gasteiger partial charge on any atom is 0.259 e. The Morgan fingerprint density at radius 3 is 2.39 bits per heavy atom. The second-order valence-electron chi connectivity index (χ2n) is 4.50. The summed E-state index contributed by atoms with van der Waals surface area (Å²) in [5.41, 5.74) is 8.71. The molecule has 2 N–H and O–H groups in total. The van der Waals surface area contributed by atoms with Crippen LogP contribution < -0.4 is 5.73 Å². The highest BCUT2D eigenvalue weighted by Crippen LogP contribution is 2.25. The zero-order valence-electron chi connectivity index (χ0n) is 10.1. The highest BCUT2D eigenvalue weighted by atomic mass is 16.2. The number of carbonyl (C=O) groups excluding carboxylic acids is 1. The van der Waals surface area contributed by atoms with E-state index in [2.05, 4.69) is 17.2 Å². The summed E-state index contributed by atoms with van der Waals surface area (Å²) in [4.78, 5) is 14.1. The number of aromatic nitrogens is 2. The normalized spacial score (nSPS) is 13.7. The lowest BCUT2D eigenvalue weighted by molar-refractivity contribution is 0.0752. The molecular weight excluding hydrogens is 228 g/mol. The van der Waals surface area contributed by atoms with Crippen LogP contribution >= 0.6 is 0 Å². The summed E-state index contributed by atoms with van der Waals surface area (Å²) in [7, 11) is 1.73. The second kappa shape index (κ2) is 3.87. The fourth-order valence-electron chi connectivity index (χ4n) is 2.26. The molecule has 1 aliphatic heterocycles. The average molecular weight is 242 g/mol. The predicted octanol–water partition coefficient (Wildman–Crippen LogP) is 1.16. The number of benzene rings is 1. The van der Waals surface area contributed by atoms with E-state index in [4.69, 9.17) is 5.73 Å². The van der Waals surface area contributed by atoms with E-state index in [-0.39, 0.29) is 5.91 Å². The number of carbonyl (C=O) groups is 1. The number of nitrogens with two attached hydrogens (primary N) is 1. The van der Waals surface area contributed by atoms with E-state index in [0.29, 0.717) is 24.5 Å². The maximum atomic E-state index is 12.3. The molecule has 0 saturated heterocycles. The van der Waals surface area contributed by atoms with Crippen LogP contribution in [0.1, 0.15) is 21.5 Å². The van der Waals surface area contributed by atoms with Gasteiger partial charge in [-0.1, -0.05) is 24.3 Å². The molecule has 0 atom stereocenters. The monoisotopic (exact) mass is 242 g/mol. The van der Waals surface area contributed by atoms with Crippen molar-refractivity contribution in [3.8, 4) is 0 Å². The summed E-state index contributed by atoms with van der Waals surface area (Å²) in [5, 5.41) is 4.00. The van der Waals surface area contributed by atoms with Crippen LogP contribution in [-0.2, 0) is 20.1 Å². The lowest BCUT2D eigenvalue weighted by Crippen LogP contribution is -2.25. The van der Waals surface area contributed by atoms with Gasteiger partial charge in [0, 0.05) is 20.1 Å². The zero-order chi connectivity index (χ0) is 12.7. The molecule has 1 aromatic heterocycles. The van der Waals surface area contributed by atoms with Gasteiger partial charge in [-0.25, -0.2) is 0 Å². The molecule has 5 heteroatoms. The Bertz CT molecular complexity index is 592. The largest absolute Gasteiger partial charge is 0.383 e. The van der Waals surface area contributed by atoms with Gasteiger partial charge in [-0.15, -0.1) is 0 Å². The minimum atomic E-state index is -0.0585. The van der Waals surface area contributed by atoms with Gasteiger partial charge in [0.1, 0.15) is 11.4 Å². The van der Waals surface area contributed by atoms with E-state index < -0.39 is 0 Å². The van der Waals surface area contributed by atoms with Crippen molar-refractivity contribution in [2.24, 2.45) is 7.05 Å². The van der Waals surface area contributed by atoms with Gasteiger partial charge in [0.2, 0.25) is 0 Å². The molecule has 1 aromatic carbocycles. The Morgan fingerprint density at radius 2 is 1.89 bits per heavy atom. The van der Waals surface area contributed by atoms with Gasteiger partial charge < -0.3 is 10.6 Å². The highest BCUT2D eigenvalue weighted by molar-refractivity contribution is 5.98. The van der Waals surface area contributed by atoms with Gasteiger partial charge in [-0.2, -0.15) is 5.10 Å². The molecule has 0 radical (unpaired) electrons. The number of hydrogen-bond donors (Lipinski definition) is 1. The summed E-state index contributed by atoms with van der Waals surface area (Å²) in [6.45, 7) is 1.28. The second-order valence-corrected chi connectivity index (χ2v) is 4.50. The van der Waals surface area contributed by atoms with Crippen molar-refractivity contribution < 1.29 is 4.79 Å². The minimum absolute atomic E-state index is 0.0585. The molecule has 0 fully saturated rings. The molecule has 0 spiro atoms. The van der Waals surface area contributed by atoms with Gasteiger partial charge >= 0.3 is 0 Å². The summed E-state index contributed by atoms with van der Waals surface area (Å²) in [6, 6.07) is 8.08. The number of hydrogen-bond acceptors (Lipinski definition) is 3. The van der Waals surface area contributed by atoms with Crippen LogP contribution in [0.3, 0.4) is 0 Å². The lowest BCUT2D eigenvalue weighted by atomic mass is 10.1. The molecule has 5 nitrogen and oxygen atoms in total. The molecule has 1 amide bonds. The molecule has 0 aliphatic carbocycles. The van der Waals surface area contributed by atoms with Gasteiger partial charge in [0.25, 0.3) is 5.91 Å². The van der Waals surface area contributed by atoms with Crippen LogP contribution in [0, 0.1) is 0 Å². The maximum absolute atomic E-state index is 12.3. The van der Waals surface area contributed by atoms with Crippen molar-refractivity contribution in [1.29, 1.82) is 0 Å². The van der Waals surface area contributed by atoms with Crippen molar-refractivity contribution >= 4 is 11.7 Å². The highest BCUT2D eigenvalue weighted by Gasteiger charge is 2.26. The van der Waals surface area contributed by atoms with Crippen LogP contribution in [-0.4, -0.2) is 20.6 Å². The third-order valence-electron chi connectivity index (χ3n) is 3.34. The zero-order valence-corrected chi connectivity index (χ0v) is 10.1. The third kappa shape index (κ3) is 1.55. The molecule has 3 rings (SSSR count). The van der Waals surface area contributed by atoms with Crippen LogP contribution in [0.5, 0.6) is 0 Å². The number of aryl methyl sites for hydroxylation is 1. The molecule has 0 unspecified atom stereocenters. The SMILES string of the molecule is Cn1ncc(C(=O)N2Cc3ccccc3C2)c1N. The van der Waals surface area contributed by atoms with Gasteiger partial charge in [-0.3, -0.25) is 9.48 Å². The van der Waals surface area contributed by atoms with E-state index in [0.717, 1.165) is 0 Å². The number of rotatable bonds is 1. The fourth-order valence-corrected chi connectivity index (χ4v) is 2.26. The number of nitrogen functional groups attached to an aromatic ring is 1. The van der Waals surface area contributed by atoms with E-state index in [1.807, 2.05) is 12.1 Å². The summed E-state index contributed by atoms with van der Waals surface area (Å²) in [6.07, 6.45) is 1.53. The van der Waals surface area contributed by atoms with Crippen LogP contribution in [0.4, 0.5) is 5.82 Å². The molecule has 2 aromatic rings. The molecular formula is C13H14N4O. The molecule has 1 aliphatic rings. The molecule has 18 heavy (non-hydrogen) atoms. The minimum Gasteiger partial charge on any atom is -0.383 e. The van der Waals surface area contributed by atoms with E-state index in [9.17, 15) is 4.79 Å². The first-order valence-corrected chi connectivity index (χ1v) is 5.80. The number of fused-ring (bicyclic) bond motifs is 1. The van der Waals surface area contributed by atoms with Gasteiger partial charge in [0.05, 0.1) is 6.20 Å². The first-order valence-electron chi connectivity index (χ1n) is 5.80. The van der Waals surface area contributed by atoms with Crippen molar-refractivity contribution in [3.63, 3.8) is 0 Å². The fraction of sp³-hybridized carbons (Fsp3) is 0.231.